The van der Waals surface area contributed by atoms with Gasteiger partial charge in [-0.25, -0.2) is 0 Å². The van der Waals surface area contributed by atoms with Crippen LogP contribution in [0.25, 0.3) is 0 Å². The summed E-state index contributed by atoms with van der Waals surface area (Å²) in [5.74, 6) is 4.89. The van der Waals surface area contributed by atoms with Gasteiger partial charge in [-0.05, 0) is 93.8 Å². The van der Waals surface area contributed by atoms with E-state index in [4.69, 9.17) is 5.73 Å². The van der Waals surface area contributed by atoms with Gasteiger partial charge in [-0.3, -0.25) is 0 Å². The normalized spacial score (nSPS) is 45.2. The smallest absolute Gasteiger partial charge is 0.00998 e. The Hall–Kier alpha value is -0.0400. The predicted octanol–water partition coefficient (Wildman–Crippen LogP) is 4.60. The van der Waals surface area contributed by atoms with Crippen molar-refractivity contribution >= 4 is 0 Å². The molecule has 19 heavy (non-hydrogen) atoms. The molecule has 110 valence electrons. The quantitative estimate of drug-likeness (QED) is 0.788. The molecule has 0 amide bonds. The summed E-state index contributed by atoms with van der Waals surface area (Å²) in [7, 11) is 0. The minimum atomic E-state index is 0.0330. The van der Waals surface area contributed by atoms with Crippen molar-refractivity contribution in [3.8, 4) is 0 Å². The van der Waals surface area contributed by atoms with Gasteiger partial charge in [0.2, 0.25) is 0 Å². The van der Waals surface area contributed by atoms with Crippen LogP contribution in [0.15, 0.2) is 0 Å². The van der Waals surface area contributed by atoms with Crippen molar-refractivity contribution in [2.24, 2.45) is 40.7 Å². The van der Waals surface area contributed by atoms with Gasteiger partial charge in [-0.15, -0.1) is 0 Å². The molecule has 4 aliphatic carbocycles. The number of nitrogens with two attached hydrogens (primary N) is 1. The highest BCUT2D eigenvalue weighted by Gasteiger charge is 2.55. The molecule has 0 radical (unpaired) electrons. The van der Waals surface area contributed by atoms with Gasteiger partial charge in [0.05, 0.1) is 0 Å². The van der Waals surface area contributed by atoms with E-state index in [2.05, 4.69) is 27.7 Å². The van der Waals surface area contributed by atoms with Gasteiger partial charge in [-0.2, -0.15) is 0 Å². The largest absolute Gasteiger partial charge is 0.326 e. The van der Waals surface area contributed by atoms with Gasteiger partial charge < -0.3 is 5.73 Å². The van der Waals surface area contributed by atoms with E-state index in [1.165, 1.54) is 38.5 Å². The third-order valence-corrected chi connectivity index (χ3v) is 6.20. The average molecular weight is 263 g/mol. The van der Waals surface area contributed by atoms with Crippen LogP contribution in [0.4, 0.5) is 0 Å². The first kappa shape index (κ1) is 13.9. The van der Waals surface area contributed by atoms with E-state index in [1.807, 2.05) is 0 Å². The Morgan fingerprint density at radius 1 is 1.11 bits per heavy atom. The van der Waals surface area contributed by atoms with Gasteiger partial charge in [0.1, 0.15) is 0 Å². The Labute approximate surface area is 119 Å². The fourth-order valence-electron chi connectivity index (χ4n) is 6.35. The highest BCUT2D eigenvalue weighted by Crippen LogP contribution is 2.64. The molecule has 4 saturated carbocycles. The second kappa shape index (κ2) is 4.48. The van der Waals surface area contributed by atoms with Crippen molar-refractivity contribution in [1.82, 2.24) is 0 Å². The SMILES string of the molecule is CC(C)CC12CC3CC(C1)C(CC(C)(C)N)C(C3)C2. The second-order valence-corrected chi connectivity index (χ2v) is 9.42. The summed E-state index contributed by atoms with van der Waals surface area (Å²) in [6.07, 6.45) is 10.4. The van der Waals surface area contributed by atoms with E-state index < -0.39 is 0 Å². The summed E-state index contributed by atoms with van der Waals surface area (Å²) >= 11 is 0. The molecule has 0 aromatic rings. The van der Waals surface area contributed by atoms with E-state index in [0.717, 1.165) is 35.0 Å². The average Bonchev–Trinajstić information content (AvgIpc) is 2.19. The fraction of sp³-hybridized carbons (Fsp3) is 1.00. The molecule has 2 atom stereocenters. The molecule has 4 fully saturated rings. The van der Waals surface area contributed by atoms with Crippen LogP contribution in [0, 0.1) is 35.0 Å². The molecule has 4 aliphatic rings. The minimum Gasteiger partial charge on any atom is -0.326 e. The Balaban J connectivity index is 1.76. The first-order valence-corrected chi connectivity index (χ1v) is 8.55. The predicted molar refractivity (Wildman–Crippen MR) is 81.8 cm³/mol. The summed E-state index contributed by atoms with van der Waals surface area (Å²) in [5.41, 5.74) is 7.10. The lowest BCUT2D eigenvalue weighted by molar-refractivity contribution is -0.109. The van der Waals surface area contributed by atoms with Crippen LogP contribution < -0.4 is 5.73 Å². The molecular weight excluding hydrogens is 230 g/mol. The zero-order valence-corrected chi connectivity index (χ0v) is 13.4. The van der Waals surface area contributed by atoms with Crippen LogP contribution in [0.2, 0.25) is 0 Å². The molecule has 0 aromatic carbocycles. The highest BCUT2D eigenvalue weighted by atomic mass is 14.7. The van der Waals surface area contributed by atoms with Crippen molar-refractivity contribution in [3.05, 3.63) is 0 Å². The maximum atomic E-state index is 6.33. The first-order valence-electron chi connectivity index (χ1n) is 8.55. The van der Waals surface area contributed by atoms with Crippen molar-refractivity contribution in [3.63, 3.8) is 0 Å². The van der Waals surface area contributed by atoms with Crippen LogP contribution >= 0.6 is 0 Å². The maximum absolute atomic E-state index is 6.33. The molecule has 0 heterocycles. The zero-order valence-electron chi connectivity index (χ0n) is 13.4. The number of rotatable bonds is 4. The van der Waals surface area contributed by atoms with Crippen molar-refractivity contribution in [1.29, 1.82) is 0 Å². The summed E-state index contributed by atoms with van der Waals surface area (Å²) < 4.78 is 0. The zero-order chi connectivity index (χ0) is 13.8. The molecule has 0 spiro atoms. The summed E-state index contributed by atoms with van der Waals surface area (Å²) in [6, 6.07) is 0. The lowest BCUT2D eigenvalue weighted by Gasteiger charge is -2.61. The van der Waals surface area contributed by atoms with Crippen LogP contribution in [-0.4, -0.2) is 5.54 Å². The van der Waals surface area contributed by atoms with Crippen molar-refractivity contribution in [2.45, 2.75) is 78.2 Å². The Kier molecular flexibility index (Phi) is 3.28. The van der Waals surface area contributed by atoms with Crippen LogP contribution in [-0.2, 0) is 0 Å². The topological polar surface area (TPSA) is 26.0 Å². The molecule has 4 bridgehead atoms. The summed E-state index contributed by atoms with van der Waals surface area (Å²) in [6.45, 7) is 9.28. The minimum absolute atomic E-state index is 0.0330. The number of hydrogen-bond acceptors (Lipinski definition) is 1. The fourth-order valence-corrected chi connectivity index (χ4v) is 6.35. The van der Waals surface area contributed by atoms with Crippen LogP contribution in [0.1, 0.15) is 72.6 Å². The Morgan fingerprint density at radius 3 is 2.16 bits per heavy atom. The van der Waals surface area contributed by atoms with E-state index >= 15 is 0 Å². The summed E-state index contributed by atoms with van der Waals surface area (Å²) in [5, 5.41) is 0. The Bertz CT molecular complexity index is 318. The standard InChI is InChI=1S/C18H33N/c1-12(2)7-18-8-13-5-14(9-18)16(11-17(3,4)19)15(6-13)10-18/h12-16H,5-11,19H2,1-4H3. The van der Waals surface area contributed by atoms with Crippen molar-refractivity contribution in [2.75, 3.05) is 0 Å². The van der Waals surface area contributed by atoms with Crippen LogP contribution in [0.3, 0.4) is 0 Å². The molecule has 4 rings (SSSR count). The highest BCUT2D eigenvalue weighted by molar-refractivity contribution is 5.05. The van der Waals surface area contributed by atoms with Crippen LogP contribution in [0.5, 0.6) is 0 Å². The molecular formula is C18H33N. The molecule has 1 heteroatoms. The molecule has 0 saturated heterocycles. The van der Waals surface area contributed by atoms with Gasteiger partial charge in [0.25, 0.3) is 0 Å². The monoisotopic (exact) mass is 263 g/mol. The molecule has 2 N–H and O–H groups in total. The Morgan fingerprint density at radius 2 is 1.68 bits per heavy atom. The van der Waals surface area contributed by atoms with Gasteiger partial charge in [0, 0.05) is 5.54 Å². The van der Waals surface area contributed by atoms with Gasteiger partial charge >= 0.3 is 0 Å². The van der Waals surface area contributed by atoms with Gasteiger partial charge in [0.15, 0.2) is 0 Å². The first-order chi connectivity index (χ1) is 8.76. The summed E-state index contributed by atoms with van der Waals surface area (Å²) in [4.78, 5) is 0. The van der Waals surface area contributed by atoms with E-state index in [9.17, 15) is 0 Å². The number of hydrogen-bond donors (Lipinski definition) is 1. The maximum Gasteiger partial charge on any atom is 0.00998 e. The molecule has 1 nitrogen and oxygen atoms in total. The lowest BCUT2D eigenvalue weighted by Crippen LogP contribution is -2.53. The van der Waals surface area contributed by atoms with Gasteiger partial charge in [-0.1, -0.05) is 13.8 Å². The molecule has 2 unspecified atom stereocenters. The van der Waals surface area contributed by atoms with E-state index in [-0.39, 0.29) is 5.54 Å². The molecule has 0 aromatic heterocycles. The second-order valence-electron chi connectivity index (χ2n) is 9.42. The van der Waals surface area contributed by atoms with E-state index in [1.54, 1.807) is 6.42 Å². The molecule has 0 aliphatic heterocycles. The third kappa shape index (κ3) is 2.73. The lowest BCUT2D eigenvalue weighted by atomic mass is 9.44. The van der Waals surface area contributed by atoms with E-state index in [0.29, 0.717) is 0 Å². The van der Waals surface area contributed by atoms with Crippen molar-refractivity contribution < 1.29 is 0 Å². The third-order valence-electron chi connectivity index (χ3n) is 6.20.